The summed E-state index contributed by atoms with van der Waals surface area (Å²) >= 11 is 5.89. The maximum atomic E-state index is 12.0. The fourth-order valence-corrected chi connectivity index (χ4v) is 1.53. The standard InChI is InChI=1S/C4H3ClF3N3S/c5-2-1(4(6,7)8)10-3(11-9)12-2/h9H2,(H,10,11). The van der Waals surface area contributed by atoms with Crippen LogP contribution < -0.4 is 11.3 Å². The van der Waals surface area contributed by atoms with E-state index in [1.54, 1.807) is 0 Å². The molecule has 0 saturated heterocycles. The molecule has 68 valence electrons. The number of nitrogen functional groups attached to an aromatic ring is 1. The molecule has 1 heterocycles. The lowest BCUT2D eigenvalue weighted by atomic mass is 10.5. The average molecular weight is 218 g/mol. The highest BCUT2D eigenvalue weighted by Crippen LogP contribution is 2.38. The van der Waals surface area contributed by atoms with E-state index in [-0.39, 0.29) is 5.13 Å². The molecule has 0 aliphatic heterocycles. The van der Waals surface area contributed by atoms with Crippen LogP contribution >= 0.6 is 22.9 Å². The van der Waals surface area contributed by atoms with Crippen LogP contribution in [-0.2, 0) is 6.18 Å². The molecule has 0 aliphatic rings. The number of aromatic nitrogens is 1. The Kier molecular flexibility index (Phi) is 2.45. The Bertz CT molecular complexity index is 284. The summed E-state index contributed by atoms with van der Waals surface area (Å²) in [5, 5.41) is -0.0627. The first kappa shape index (κ1) is 9.56. The molecular formula is C4H3ClF3N3S. The molecular weight excluding hydrogens is 215 g/mol. The first-order valence-electron chi connectivity index (χ1n) is 2.65. The number of hydrogen-bond donors (Lipinski definition) is 2. The molecule has 0 fully saturated rings. The zero-order valence-corrected chi connectivity index (χ0v) is 7.02. The number of hydrogen-bond acceptors (Lipinski definition) is 4. The van der Waals surface area contributed by atoms with Crippen LogP contribution in [0, 0.1) is 0 Å². The third-order valence-corrected chi connectivity index (χ3v) is 2.16. The van der Waals surface area contributed by atoms with Crippen molar-refractivity contribution in [3.63, 3.8) is 0 Å². The Morgan fingerprint density at radius 2 is 2.08 bits per heavy atom. The minimum absolute atomic E-state index is 0.0627. The van der Waals surface area contributed by atoms with Crippen LogP contribution in [0.4, 0.5) is 18.3 Å². The Hall–Kier alpha value is -0.530. The third-order valence-electron chi connectivity index (χ3n) is 0.978. The van der Waals surface area contributed by atoms with Crippen LogP contribution in [-0.4, -0.2) is 4.98 Å². The molecule has 0 spiro atoms. The van der Waals surface area contributed by atoms with E-state index in [0.29, 0.717) is 11.3 Å². The van der Waals surface area contributed by atoms with Gasteiger partial charge in [0.15, 0.2) is 10.8 Å². The van der Waals surface area contributed by atoms with Gasteiger partial charge in [0.1, 0.15) is 4.34 Å². The van der Waals surface area contributed by atoms with Crippen molar-refractivity contribution in [2.45, 2.75) is 6.18 Å². The summed E-state index contributed by atoms with van der Waals surface area (Å²) in [6, 6.07) is 0. The van der Waals surface area contributed by atoms with Gasteiger partial charge in [-0.25, -0.2) is 10.8 Å². The molecule has 3 nitrogen and oxygen atoms in total. The highest BCUT2D eigenvalue weighted by molar-refractivity contribution is 7.19. The fourth-order valence-electron chi connectivity index (χ4n) is 0.538. The number of nitrogens with zero attached hydrogens (tertiary/aromatic N) is 1. The van der Waals surface area contributed by atoms with Crippen molar-refractivity contribution in [1.82, 2.24) is 4.98 Å². The van der Waals surface area contributed by atoms with Gasteiger partial charge in [0.05, 0.1) is 0 Å². The van der Waals surface area contributed by atoms with Gasteiger partial charge in [0.25, 0.3) is 0 Å². The lowest BCUT2D eigenvalue weighted by Crippen LogP contribution is -2.09. The van der Waals surface area contributed by atoms with Gasteiger partial charge in [-0.2, -0.15) is 13.2 Å². The summed E-state index contributed by atoms with van der Waals surface area (Å²) < 4.78 is 35.5. The normalized spacial score (nSPS) is 11.8. The number of nitrogens with two attached hydrogens (primary N) is 1. The van der Waals surface area contributed by atoms with Crippen molar-refractivity contribution in [3.05, 3.63) is 10.0 Å². The molecule has 1 aromatic rings. The van der Waals surface area contributed by atoms with Crippen LogP contribution in [0.1, 0.15) is 5.69 Å². The number of alkyl halides is 3. The zero-order valence-electron chi connectivity index (χ0n) is 5.44. The highest BCUT2D eigenvalue weighted by Gasteiger charge is 2.37. The average Bonchev–Trinajstić information content (AvgIpc) is 2.29. The smallest absolute Gasteiger partial charge is 0.300 e. The molecule has 0 bridgehead atoms. The molecule has 1 rings (SSSR count). The Balaban J connectivity index is 3.08. The zero-order chi connectivity index (χ0) is 9.35. The van der Waals surface area contributed by atoms with Crippen molar-refractivity contribution >= 4 is 28.1 Å². The van der Waals surface area contributed by atoms with Crippen molar-refractivity contribution in [1.29, 1.82) is 0 Å². The quantitative estimate of drug-likeness (QED) is 0.560. The van der Waals surface area contributed by atoms with Crippen molar-refractivity contribution in [2.24, 2.45) is 5.84 Å². The number of rotatable bonds is 1. The lowest BCUT2D eigenvalue weighted by Gasteiger charge is -2.00. The van der Waals surface area contributed by atoms with E-state index in [2.05, 4.69) is 4.98 Å². The van der Waals surface area contributed by atoms with E-state index in [0.717, 1.165) is 0 Å². The van der Waals surface area contributed by atoms with Gasteiger partial charge in [0, 0.05) is 0 Å². The van der Waals surface area contributed by atoms with E-state index < -0.39 is 16.2 Å². The maximum absolute atomic E-state index is 12.0. The van der Waals surface area contributed by atoms with Crippen LogP contribution in [0.5, 0.6) is 0 Å². The number of anilines is 1. The Morgan fingerprint density at radius 3 is 2.33 bits per heavy atom. The van der Waals surface area contributed by atoms with E-state index in [9.17, 15) is 13.2 Å². The van der Waals surface area contributed by atoms with Gasteiger partial charge in [-0.3, -0.25) is 5.43 Å². The number of halogens is 4. The highest BCUT2D eigenvalue weighted by atomic mass is 35.5. The molecule has 0 aromatic carbocycles. The SMILES string of the molecule is NNc1nc(C(F)(F)F)c(Cl)s1. The monoisotopic (exact) mass is 217 g/mol. The summed E-state index contributed by atoms with van der Waals surface area (Å²) in [7, 11) is 0. The second-order valence-corrected chi connectivity index (χ2v) is 3.38. The molecule has 3 N–H and O–H groups in total. The van der Waals surface area contributed by atoms with Gasteiger partial charge in [-0.05, 0) is 0 Å². The minimum atomic E-state index is -4.53. The summed E-state index contributed by atoms with van der Waals surface area (Å²) in [6.45, 7) is 0. The second kappa shape index (κ2) is 3.08. The largest absolute Gasteiger partial charge is 0.435 e. The molecule has 0 amide bonds. The maximum Gasteiger partial charge on any atom is 0.435 e. The van der Waals surface area contributed by atoms with E-state index in [1.807, 2.05) is 5.43 Å². The van der Waals surface area contributed by atoms with Gasteiger partial charge in [-0.15, -0.1) is 0 Å². The molecule has 0 atom stereocenters. The predicted octanol–water partition coefficient (Wildman–Crippen LogP) is 2.10. The first-order chi connectivity index (χ1) is 5.45. The lowest BCUT2D eigenvalue weighted by molar-refractivity contribution is -0.140. The van der Waals surface area contributed by atoms with Gasteiger partial charge in [-0.1, -0.05) is 22.9 Å². The Labute approximate surface area is 74.3 Å². The first-order valence-corrected chi connectivity index (χ1v) is 3.84. The van der Waals surface area contributed by atoms with Crippen LogP contribution in [0.2, 0.25) is 4.34 Å². The van der Waals surface area contributed by atoms with E-state index in [4.69, 9.17) is 17.4 Å². The molecule has 12 heavy (non-hydrogen) atoms. The topological polar surface area (TPSA) is 50.9 Å². The van der Waals surface area contributed by atoms with Crippen LogP contribution in [0.25, 0.3) is 0 Å². The van der Waals surface area contributed by atoms with Crippen molar-refractivity contribution in [2.75, 3.05) is 5.43 Å². The van der Waals surface area contributed by atoms with Crippen LogP contribution in [0.15, 0.2) is 0 Å². The molecule has 8 heteroatoms. The van der Waals surface area contributed by atoms with E-state index in [1.165, 1.54) is 0 Å². The van der Waals surface area contributed by atoms with E-state index >= 15 is 0 Å². The third kappa shape index (κ3) is 1.79. The van der Waals surface area contributed by atoms with Gasteiger partial charge in [0.2, 0.25) is 0 Å². The summed E-state index contributed by atoms with van der Waals surface area (Å²) in [5.74, 6) is 4.85. The molecule has 0 unspecified atom stereocenters. The molecule has 0 saturated carbocycles. The number of nitrogens with one attached hydrogen (secondary N) is 1. The number of hydrazine groups is 1. The van der Waals surface area contributed by atoms with Gasteiger partial charge < -0.3 is 0 Å². The van der Waals surface area contributed by atoms with Crippen molar-refractivity contribution < 1.29 is 13.2 Å². The molecule has 0 aliphatic carbocycles. The second-order valence-electron chi connectivity index (χ2n) is 1.78. The number of thiazole rings is 1. The summed E-state index contributed by atoms with van der Waals surface area (Å²) in [4.78, 5) is 3.12. The predicted molar refractivity (Wildman–Crippen MR) is 39.9 cm³/mol. The Morgan fingerprint density at radius 1 is 1.50 bits per heavy atom. The molecule has 1 aromatic heterocycles. The van der Waals surface area contributed by atoms with Crippen molar-refractivity contribution in [3.8, 4) is 0 Å². The summed E-state index contributed by atoms with van der Waals surface area (Å²) in [5.41, 5.74) is 0.874. The fraction of sp³-hybridized carbons (Fsp3) is 0.250. The van der Waals surface area contributed by atoms with Gasteiger partial charge >= 0.3 is 6.18 Å². The summed E-state index contributed by atoms with van der Waals surface area (Å²) in [6.07, 6.45) is -4.53. The van der Waals surface area contributed by atoms with Crippen LogP contribution in [0.3, 0.4) is 0 Å². The minimum Gasteiger partial charge on any atom is -0.300 e. The molecule has 0 radical (unpaired) electrons.